The molecule has 1 atom stereocenters. The van der Waals surface area contributed by atoms with Crippen LogP contribution in [-0.4, -0.2) is 24.7 Å². The number of rotatable bonds is 9. The van der Waals surface area contributed by atoms with E-state index in [0.29, 0.717) is 59.1 Å². The molecule has 1 aromatic heterocycles. The Morgan fingerprint density at radius 3 is 2.51 bits per heavy atom. The van der Waals surface area contributed by atoms with Gasteiger partial charge in [0, 0.05) is 5.69 Å². The summed E-state index contributed by atoms with van der Waals surface area (Å²) in [7, 11) is 3.10. The van der Waals surface area contributed by atoms with Gasteiger partial charge < -0.3 is 19.5 Å². The molecular formula is C36H29BrFN3O5S. The number of thiazole rings is 1. The summed E-state index contributed by atoms with van der Waals surface area (Å²) in [6.07, 6.45) is 1.76. The molecule has 5 aromatic rings. The van der Waals surface area contributed by atoms with Crippen molar-refractivity contribution in [3.8, 4) is 17.2 Å². The first-order valence-electron chi connectivity index (χ1n) is 14.5. The van der Waals surface area contributed by atoms with Gasteiger partial charge in [-0.1, -0.05) is 53.8 Å². The minimum atomic E-state index is -0.754. The average molecular weight is 715 g/mol. The summed E-state index contributed by atoms with van der Waals surface area (Å²) in [6.45, 7) is 1.98. The lowest BCUT2D eigenvalue weighted by molar-refractivity contribution is -0.113. The van der Waals surface area contributed by atoms with Gasteiger partial charge in [-0.05, 0) is 94.2 Å². The second kappa shape index (κ2) is 13.8. The summed E-state index contributed by atoms with van der Waals surface area (Å²) in [5, 5.41) is 2.96. The molecule has 0 bridgehead atoms. The lowest BCUT2D eigenvalue weighted by Crippen LogP contribution is -2.40. The van der Waals surface area contributed by atoms with Crippen molar-refractivity contribution in [3.05, 3.63) is 149 Å². The predicted octanol–water partition coefficient (Wildman–Crippen LogP) is 6.37. The number of hydrogen-bond donors (Lipinski definition) is 1. The van der Waals surface area contributed by atoms with Gasteiger partial charge in [0.05, 0.1) is 40.5 Å². The first-order chi connectivity index (χ1) is 22.7. The smallest absolute Gasteiger partial charge is 0.271 e. The van der Waals surface area contributed by atoms with E-state index in [1.54, 1.807) is 55.0 Å². The molecule has 0 saturated heterocycles. The van der Waals surface area contributed by atoms with Gasteiger partial charge in [-0.3, -0.25) is 14.2 Å². The molecule has 0 aliphatic carbocycles. The number of amides is 1. The van der Waals surface area contributed by atoms with Gasteiger partial charge >= 0.3 is 0 Å². The molecule has 238 valence electrons. The van der Waals surface area contributed by atoms with Crippen LogP contribution in [0.5, 0.6) is 17.2 Å². The van der Waals surface area contributed by atoms with E-state index in [0.717, 1.165) is 5.56 Å². The zero-order chi connectivity index (χ0) is 33.1. The van der Waals surface area contributed by atoms with E-state index in [9.17, 15) is 14.0 Å². The zero-order valence-corrected chi connectivity index (χ0v) is 28.0. The molecule has 2 heterocycles. The Labute approximate surface area is 282 Å². The number of halogens is 2. The van der Waals surface area contributed by atoms with Gasteiger partial charge in [0.1, 0.15) is 18.2 Å². The Morgan fingerprint density at radius 2 is 1.79 bits per heavy atom. The van der Waals surface area contributed by atoms with Crippen LogP contribution >= 0.6 is 27.3 Å². The Kier molecular flexibility index (Phi) is 9.37. The van der Waals surface area contributed by atoms with Crippen molar-refractivity contribution in [2.75, 3.05) is 19.5 Å². The predicted molar refractivity (Wildman–Crippen MR) is 183 cm³/mol. The average Bonchev–Trinajstić information content (AvgIpc) is 3.37. The number of carbonyl (C=O) groups is 1. The van der Waals surface area contributed by atoms with Crippen LogP contribution in [0.3, 0.4) is 0 Å². The number of nitrogens with zero attached hydrogens (tertiary/aromatic N) is 2. The van der Waals surface area contributed by atoms with Gasteiger partial charge in [-0.25, -0.2) is 9.38 Å². The zero-order valence-electron chi connectivity index (χ0n) is 25.6. The molecular weight excluding hydrogens is 685 g/mol. The number of para-hydroxylation sites is 1. The normalized spacial score (nSPS) is 14.3. The molecule has 0 radical (unpaired) electrons. The van der Waals surface area contributed by atoms with E-state index in [4.69, 9.17) is 19.2 Å². The fraction of sp³-hybridized carbons (Fsp3) is 0.139. The summed E-state index contributed by atoms with van der Waals surface area (Å²) in [5.41, 5.74) is 3.37. The van der Waals surface area contributed by atoms with E-state index in [-0.39, 0.29) is 23.9 Å². The highest BCUT2D eigenvalue weighted by molar-refractivity contribution is 9.10. The second-order valence-electron chi connectivity index (χ2n) is 10.6. The molecule has 4 aromatic carbocycles. The Bertz CT molecular complexity index is 2180. The lowest BCUT2D eigenvalue weighted by Gasteiger charge is -2.25. The van der Waals surface area contributed by atoms with E-state index in [2.05, 4.69) is 21.2 Å². The first-order valence-corrected chi connectivity index (χ1v) is 16.1. The monoisotopic (exact) mass is 713 g/mol. The van der Waals surface area contributed by atoms with Crippen molar-refractivity contribution < 1.29 is 23.4 Å². The third-order valence-corrected chi connectivity index (χ3v) is 9.13. The molecule has 1 aliphatic rings. The van der Waals surface area contributed by atoms with Gasteiger partial charge in [0.25, 0.3) is 11.5 Å². The van der Waals surface area contributed by atoms with E-state index in [1.807, 2.05) is 48.5 Å². The highest BCUT2D eigenvalue weighted by atomic mass is 79.9. The van der Waals surface area contributed by atoms with Crippen LogP contribution in [0, 0.1) is 5.82 Å². The Morgan fingerprint density at radius 1 is 1.02 bits per heavy atom. The van der Waals surface area contributed by atoms with Crippen molar-refractivity contribution in [1.82, 2.24) is 4.57 Å². The minimum Gasteiger partial charge on any atom is -0.497 e. The van der Waals surface area contributed by atoms with Crippen LogP contribution in [0.15, 0.2) is 117 Å². The summed E-state index contributed by atoms with van der Waals surface area (Å²) >= 11 is 4.81. The van der Waals surface area contributed by atoms with Crippen molar-refractivity contribution in [3.63, 3.8) is 0 Å². The molecule has 0 unspecified atom stereocenters. The van der Waals surface area contributed by atoms with Crippen molar-refractivity contribution in [1.29, 1.82) is 0 Å². The van der Waals surface area contributed by atoms with Crippen LogP contribution in [0.25, 0.3) is 6.08 Å². The van der Waals surface area contributed by atoms with Crippen LogP contribution in [0.4, 0.5) is 10.1 Å². The third kappa shape index (κ3) is 6.77. The lowest BCUT2D eigenvalue weighted by atomic mass is 9.95. The maximum atomic E-state index is 14.2. The fourth-order valence-corrected chi connectivity index (χ4v) is 6.93. The molecule has 47 heavy (non-hydrogen) atoms. The Hall–Kier alpha value is -5.00. The minimum absolute atomic E-state index is 0.205. The number of ether oxygens (including phenoxy) is 3. The van der Waals surface area contributed by atoms with E-state index >= 15 is 0 Å². The third-order valence-electron chi connectivity index (χ3n) is 7.55. The molecule has 1 aliphatic heterocycles. The number of fused-ring (bicyclic) bond motifs is 1. The summed E-state index contributed by atoms with van der Waals surface area (Å²) < 4.78 is 33.0. The standard InChI is InChI=1S/C36H29BrFN3O5S/c1-21-31(34(42)40-26-9-5-4-6-10-26)32(24-8-7-11-27(19-24)44-2)41-35(43)30(47-36(41)39-21)18-23-16-28(37)33(29(17-23)45-3)46-20-22-12-14-25(38)15-13-22/h4-19,32H,20H2,1-3H3,(H,40,42)/b30-18-/t32-/m0/s1. The van der Waals surface area contributed by atoms with Gasteiger partial charge in [-0.15, -0.1) is 0 Å². The second-order valence-corrected chi connectivity index (χ2v) is 12.5. The number of carbonyl (C=O) groups excluding carboxylic acids is 1. The molecule has 0 fully saturated rings. The molecule has 11 heteroatoms. The van der Waals surface area contributed by atoms with Gasteiger partial charge in [0.15, 0.2) is 16.3 Å². The molecule has 8 nitrogen and oxygen atoms in total. The molecule has 6 rings (SSSR count). The fourth-order valence-electron chi connectivity index (χ4n) is 5.31. The SMILES string of the molecule is COc1cccc([C@H]2C(C(=O)Nc3ccccc3)=C(C)N=c3s/c(=C\c4cc(Br)c(OCc5ccc(F)cc5)c(OC)c4)c(=O)n32)c1. The van der Waals surface area contributed by atoms with Crippen molar-refractivity contribution in [2.24, 2.45) is 4.99 Å². The quantitative estimate of drug-likeness (QED) is 0.192. The highest BCUT2D eigenvalue weighted by Crippen LogP contribution is 2.38. The topological polar surface area (TPSA) is 91.2 Å². The number of anilines is 1. The van der Waals surface area contributed by atoms with Crippen LogP contribution in [0.2, 0.25) is 0 Å². The van der Waals surface area contributed by atoms with Crippen molar-refractivity contribution >= 4 is 44.9 Å². The van der Waals surface area contributed by atoms with Crippen LogP contribution in [0.1, 0.15) is 29.7 Å². The molecule has 1 N–H and O–H groups in total. The van der Waals surface area contributed by atoms with Gasteiger partial charge in [-0.2, -0.15) is 0 Å². The number of aromatic nitrogens is 1. The maximum Gasteiger partial charge on any atom is 0.271 e. The summed E-state index contributed by atoms with van der Waals surface area (Å²) in [5.74, 6) is 0.840. The number of nitrogens with one attached hydrogen (secondary N) is 1. The number of benzene rings is 4. The molecule has 0 saturated carbocycles. The van der Waals surface area contributed by atoms with E-state index in [1.165, 1.54) is 30.6 Å². The number of methoxy groups -OCH3 is 2. The van der Waals surface area contributed by atoms with Gasteiger partial charge in [0.2, 0.25) is 0 Å². The first kappa shape index (κ1) is 32.0. The maximum absolute atomic E-state index is 14.2. The van der Waals surface area contributed by atoms with Crippen molar-refractivity contribution in [2.45, 2.75) is 19.6 Å². The number of allylic oxidation sites excluding steroid dienone is 1. The largest absolute Gasteiger partial charge is 0.497 e. The van der Waals surface area contributed by atoms with E-state index < -0.39 is 6.04 Å². The van der Waals surface area contributed by atoms with Crippen LogP contribution < -0.4 is 34.4 Å². The highest BCUT2D eigenvalue weighted by Gasteiger charge is 2.33. The van der Waals surface area contributed by atoms with Crippen LogP contribution in [-0.2, 0) is 11.4 Å². The summed E-state index contributed by atoms with van der Waals surface area (Å²) in [4.78, 5) is 33.2. The molecule has 1 amide bonds. The summed E-state index contributed by atoms with van der Waals surface area (Å²) in [6, 6.07) is 25.4. The Balaban J connectivity index is 1.41. The number of hydrogen-bond acceptors (Lipinski definition) is 7. The molecule has 0 spiro atoms.